The van der Waals surface area contributed by atoms with E-state index in [0.717, 1.165) is 5.56 Å². The fraction of sp³-hybridized carbons (Fsp3) is 0.364. The minimum absolute atomic E-state index is 0.0891. The van der Waals surface area contributed by atoms with Crippen molar-refractivity contribution < 1.29 is 23.8 Å². The van der Waals surface area contributed by atoms with Gasteiger partial charge in [-0.25, -0.2) is 0 Å². The molecule has 0 aromatic heterocycles. The van der Waals surface area contributed by atoms with Crippen molar-refractivity contribution in [2.24, 2.45) is 0 Å². The summed E-state index contributed by atoms with van der Waals surface area (Å²) < 4.78 is 16.5. The van der Waals surface area contributed by atoms with E-state index in [2.05, 4.69) is 0 Å². The van der Waals surface area contributed by atoms with Gasteiger partial charge in [-0.1, -0.05) is 24.3 Å². The second-order valence-corrected chi connectivity index (χ2v) is 7.04. The largest absolute Gasteiger partial charge is 0.497 e. The van der Waals surface area contributed by atoms with Gasteiger partial charge in [0.1, 0.15) is 11.5 Å². The lowest BCUT2D eigenvalue weighted by atomic mass is 10.1. The number of carbonyl (C=O) groups excluding carboxylic acids is 2. The van der Waals surface area contributed by atoms with Gasteiger partial charge in [0.15, 0.2) is 6.10 Å². The number of para-hydroxylation sites is 2. The second-order valence-electron chi connectivity index (χ2n) is 7.04. The predicted octanol–water partition coefficient (Wildman–Crippen LogP) is 1.89. The van der Waals surface area contributed by atoms with Crippen LogP contribution in [0.3, 0.4) is 0 Å². The molecular formula is C22H24N2O5. The van der Waals surface area contributed by atoms with Gasteiger partial charge < -0.3 is 24.0 Å². The molecule has 2 aromatic carbocycles. The van der Waals surface area contributed by atoms with E-state index < -0.39 is 6.10 Å². The fourth-order valence-electron chi connectivity index (χ4n) is 3.64. The Morgan fingerprint density at radius 3 is 2.69 bits per heavy atom. The van der Waals surface area contributed by atoms with E-state index in [1.54, 1.807) is 23.0 Å². The first-order valence-corrected chi connectivity index (χ1v) is 9.71. The first kappa shape index (κ1) is 19.3. The van der Waals surface area contributed by atoms with E-state index in [9.17, 15) is 9.59 Å². The molecular weight excluding hydrogens is 372 g/mol. The van der Waals surface area contributed by atoms with Gasteiger partial charge >= 0.3 is 0 Å². The zero-order valence-corrected chi connectivity index (χ0v) is 16.4. The van der Waals surface area contributed by atoms with Crippen LogP contribution in [-0.2, 0) is 20.7 Å². The number of fused-ring (bicyclic) bond motifs is 1. The molecule has 1 atom stereocenters. The molecule has 152 valence electrons. The highest BCUT2D eigenvalue weighted by molar-refractivity contribution is 5.98. The number of ether oxygens (including phenoxy) is 3. The van der Waals surface area contributed by atoms with Crippen molar-refractivity contribution in [2.45, 2.75) is 12.5 Å². The van der Waals surface area contributed by atoms with E-state index in [1.807, 2.05) is 42.5 Å². The van der Waals surface area contributed by atoms with Gasteiger partial charge in [0.25, 0.3) is 5.91 Å². The van der Waals surface area contributed by atoms with Crippen molar-refractivity contribution in [1.29, 1.82) is 0 Å². The number of carbonyl (C=O) groups is 2. The molecule has 29 heavy (non-hydrogen) atoms. The van der Waals surface area contributed by atoms with Crippen LogP contribution in [0.4, 0.5) is 5.69 Å². The molecule has 2 aliphatic heterocycles. The number of hydrogen-bond donors (Lipinski definition) is 0. The number of methoxy groups -OCH3 is 1. The Morgan fingerprint density at radius 1 is 1.10 bits per heavy atom. The van der Waals surface area contributed by atoms with Crippen molar-refractivity contribution in [1.82, 2.24) is 4.90 Å². The smallest absolute Gasteiger partial charge is 0.265 e. The third kappa shape index (κ3) is 4.19. The molecule has 0 aliphatic carbocycles. The summed E-state index contributed by atoms with van der Waals surface area (Å²) in [5.41, 5.74) is 1.54. The highest BCUT2D eigenvalue weighted by Gasteiger charge is 2.36. The maximum Gasteiger partial charge on any atom is 0.265 e. The standard InChI is InChI=1S/C22H24N2O5/c1-27-17-6-4-5-16(13-17)14-21(25)24-15-20(22(26)23-9-11-28-12-10-23)29-19-8-3-2-7-18(19)24/h2-8,13,20H,9-12,14-15H2,1H3/t20-/m1/s1. The van der Waals surface area contributed by atoms with Crippen LogP contribution >= 0.6 is 0 Å². The molecule has 2 heterocycles. The monoisotopic (exact) mass is 396 g/mol. The number of nitrogens with zero attached hydrogens (tertiary/aromatic N) is 2. The van der Waals surface area contributed by atoms with E-state index in [0.29, 0.717) is 43.5 Å². The topological polar surface area (TPSA) is 68.3 Å². The van der Waals surface area contributed by atoms with Gasteiger partial charge in [0, 0.05) is 13.1 Å². The number of hydrogen-bond acceptors (Lipinski definition) is 5. The second kappa shape index (κ2) is 8.53. The normalized spacial score (nSPS) is 18.6. The van der Waals surface area contributed by atoms with Crippen molar-refractivity contribution in [3.05, 3.63) is 54.1 Å². The summed E-state index contributed by atoms with van der Waals surface area (Å²) in [4.78, 5) is 29.5. The molecule has 2 aliphatic rings. The molecule has 4 rings (SSSR count). The van der Waals surface area contributed by atoms with E-state index >= 15 is 0 Å². The van der Waals surface area contributed by atoms with E-state index in [1.165, 1.54) is 0 Å². The van der Waals surface area contributed by atoms with Crippen LogP contribution < -0.4 is 14.4 Å². The molecule has 0 saturated carbocycles. The lowest BCUT2D eigenvalue weighted by Gasteiger charge is -2.37. The highest BCUT2D eigenvalue weighted by atomic mass is 16.5. The Bertz CT molecular complexity index is 894. The molecule has 1 saturated heterocycles. The molecule has 0 unspecified atom stereocenters. The van der Waals surface area contributed by atoms with Crippen LogP contribution in [0.1, 0.15) is 5.56 Å². The zero-order valence-electron chi connectivity index (χ0n) is 16.4. The Morgan fingerprint density at radius 2 is 1.90 bits per heavy atom. The minimum Gasteiger partial charge on any atom is -0.497 e. The molecule has 0 bridgehead atoms. The van der Waals surface area contributed by atoms with Gasteiger partial charge in [-0.3, -0.25) is 9.59 Å². The number of benzene rings is 2. The summed E-state index contributed by atoms with van der Waals surface area (Å²) in [6, 6.07) is 14.8. The molecule has 2 amide bonds. The Balaban J connectivity index is 1.55. The fourth-order valence-corrected chi connectivity index (χ4v) is 3.64. The Kier molecular flexibility index (Phi) is 5.67. The minimum atomic E-state index is -0.725. The van der Waals surface area contributed by atoms with Gasteiger partial charge in [0.05, 0.1) is 39.0 Å². The van der Waals surface area contributed by atoms with Crippen LogP contribution in [0.2, 0.25) is 0 Å². The Hall–Kier alpha value is -3.06. The number of morpholine rings is 1. The first-order valence-electron chi connectivity index (χ1n) is 9.71. The number of amides is 2. The summed E-state index contributed by atoms with van der Waals surface area (Å²) >= 11 is 0. The van der Waals surface area contributed by atoms with E-state index in [-0.39, 0.29) is 24.8 Å². The van der Waals surface area contributed by atoms with Crippen LogP contribution in [0.5, 0.6) is 11.5 Å². The number of rotatable bonds is 4. The molecule has 0 N–H and O–H groups in total. The predicted molar refractivity (Wildman–Crippen MR) is 107 cm³/mol. The van der Waals surface area contributed by atoms with Crippen molar-refractivity contribution in [3.8, 4) is 11.5 Å². The van der Waals surface area contributed by atoms with Gasteiger partial charge in [-0.15, -0.1) is 0 Å². The molecule has 7 heteroatoms. The summed E-state index contributed by atoms with van der Waals surface area (Å²) in [6.45, 7) is 2.31. The zero-order chi connectivity index (χ0) is 20.2. The van der Waals surface area contributed by atoms with Crippen LogP contribution in [0.15, 0.2) is 48.5 Å². The summed E-state index contributed by atoms with van der Waals surface area (Å²) in [5.74, 6) is 1.05. The maximum atomic E-state index is 13.2. The third-order valence-corrected chi connectivity index (χ3v) is 5.16. The van der Waals surface area contributed by atoms with Crippen LogP contribution in [0, 0.1) is 0 Å². The van der Waals surface area contributed by atoms with Crippen LogP contribution in [-0.4, -0.2) is 62.8 Å². The Labute approximate surface area is 169 Å². The number of anilines is 1. The molecule has 0 spiro atoms. The average Bonchev–Trinajstić information content (AvgIpc) is 2.78. The molecule has 7 nitrogen and oxygen atoms in total. The van der Waals surface area contributed by atoms with Crippen LogP contribution in [0.25, 0.3) is 0 Å². The van der Waals surface area contributed by atoms with Gasteiger partial charge in [-0.2, -0.15) is 0 Å². The summed E-state index contributed by atoms with van der Waals surface area (Å²) in [6.07, 6.45) is -0.512. The van der Waals surface area contributed by atoms with E-state index in [4.69, 9.17) is 14.2 Å². The highest BCUT2D eigenvalue weighted by Crippen LogP contribution is 2.34. The SMILES string of the molecule is COc1cccc(CC(=O)N2C[C@H](C(=O)N3CCOCC3)Oc3ccccc32)c1. The molecule has 1 fully saturated rings. The summed E-state index contributed by atoms with van der Waals surface area (Å²) in [7, 11) is 1.60. The van der Waals surface area contributed by atoms with Gasteiger partial charge in [0.2, 0.25) is 5.91 Å². The average molecular weight is 396 g/mol. The van der Waals surface area contributed by atoms with Crippen molar-refractivity contribution >= 4 is 17.5 Å². The first-order chi connectivity index (χ1) is 14.2. The summed E-state index contributed by atoms with van der Waals surface area (Å²) in [5, 5.41) is 0. The lowest BCUT2D eigenvalue weighted by molar-refractivity contribution is -0.142. The lowest BCUT2D eigenvalue weighted by Crippen LogP contribution is -2.54. The quantitative estimate of drug-likeness (QED) is 0.790. The molecule has 2 aromatic rings. The van der Waals surface area contributed by atoms with Crippen molar-refractivity contribution in [2.75, 3.05) is 44.9 Å². The van der Waals surface area contributed by atoms with Crippen molar-refractivity contribution in [3.63, 3.8) is 0 Å². The third-order valence-electron chi connectivity index (χ3n) is 5.16. The van der Waals surface area contributed by atoms with Gasteiger partial charge in [-0.05, 0) is 29.8 Å². The molecule has 0 radical (unpaired) electrons. The maximum absolute atomic E-state index is 13.2.